The highest BCUT2D eigenvalue weighted by Crippen LogP contribution is 2.35. The Morgan fingerprint density at radius 3 is 2.34 bits per heavy atom. The highest BCUT2D eigenvalue weighted by atomic mass is 35.5. The quantitative estimate of drug-likeness (QED) is 0.580. The predicted molar refractivity (Wildman–Crippen MR) is 118 cm³/mol. The Hall–Kier alpha value is -2.58. The molecular formula is C23H26ClN5. The minimum absolute atomic E-state index is 0.500. The molecule has 1 aromatic carbocycles. The lowest BCUT2D eigenvalue weighted by molar-refractivity contribution is 0.411. The number of nitrogens with zero attached hydrogens (tertiary/aromatic N) is 5. The van der Waals surface area contributed by atoms with Gasteiger partial charge in [0, 0.05) is 30.7 Å². The zero-order valence-corrected chi connectivity index (χ0v) is 18.2. The molecule has 0 amide bonds. The lowest BCUT2D eigenvalue weighted by Crippen LogP contribution is -2.34. The predicted octanol–water partition coefficient (Wildman–Crippen LogP) is 5.44. The number of piperidine rings is 1. The molecule has 5 nitrogen and oxygen atoms in total. The largest absolute Gasteiger partial charge is 0.356 e. The van der Waals surface area contributed by atoms with Gasteiger partial charge < -0.3 is 9.47 Å². The van der Waals surface area contributed by atoms with Gasteiger partial charge in [0.2, 0.25) is 0 Å². The van der Waals surface area contributed by atoms with Crippen LogP contribution < -0.4 is 4.90 Å². The first-order chi connectivity index (χ1) is 13.9. The van der Waals surface area contributed by atoms with Crippen molar-refractivity contribution >= 4 is 28.5 Å². The van der Waals surface area contributed by atoms with Gasteiger partial charge in [-0.25, -0.2) is 9.97 Å². The number of hydrogen-bond acceptors (Lipinski definition) is 4. The lowest BCUT2D eigenvalue weighted by atomic mass is 9.94. The van der Waals surface area contributed by atoms with E-state index in [0.717, 1.165) is 70.4 Å². The van der Waals surface area contributed by atoms with Crippen LogP contribution in [0.15, 0.2) is 18.3 Å². The Morgan fingerprint density at radius 2 is 1.72 bits per heavy atom. The first-order valence-corrected chi connectivity index (χ1v) is 10.5. The van der Waals surface area contributed by atoms with Crippen molar-refractivity contribution in [2.24, 2.45) is 5.92 Å². The summed E-state index contributed by atoms with van der Waals surface area (Å²) < 4.78 is 2.19. The van der Waals surface area contributed by atoms with Gasteiger partial charge in [-0.05, 0) is 75.3 Å². The van der Waals surface area contributed by atoms with Crippen LogP contribution in [0.3, 0.4) is 0 Å². The number of nitriles is 1. The molecule has 3 aromatic rings. The molecule has 0 unspecified atom stereocenters. The zero-order chi connectivity index (χ0) is 20.7. The summed E-state index contributed by atoms with van der Waals surface area (Å²) >= 11 is 6.26. The van der Waals surface area contributed by atoms with Crippen LogP contribution in [0, 0.1) is 44.9 Å². The molecule has 0 radical (unpaired) electrons. The SMILES string of the molecule is Cc1nc(N2CCC(CC#N)CC2)c2c(C)cn(-c3c(C)cc(Cl)cc3C)c2n1. The topological polar surface area (TPSA) is 57.7 Å². The number of benzene rings is 1. The van der Waals surface area contributed by atoms with Gasteiger partial charge in [0.15, 0.2) is 5.65 Å². The number of aryl methyl sites for hydroxylation is 4. The van der Waals surface area contributed by atoms with E-state index in [1.807, 2.05) is 19.1 Å². The highest BCUT2D eigenvalue weighted by Gasteiger charge is 2.24. The van der Waals surface area contributed by atoms with Gasteiger partial charge in [-0.1, -0.05) is 11.6 Å². The maximum Gasteiger partial charge on any atom is 0.150 e. The van der Waals surface area contributed by atoms with Crippen molar-refractivity contribution < 1.29 is 0 Å². The molecule has 0 saturated carbocycles. The van der Waals surface area contributed by atoms with Gasteiger partial charge in [0.05, 0.1) is 17.1 Å². The van der Waals surface area contributed by atoms with Crippen molar-refractivity contribution in [3.63, 3.8) is 0 Å². The third-order valence-corrected chi connectivity index (χ3v) is 6.14. The van der Waals surface area contributed by atoms with Crippen LogP contribution >= 0.6 is 11.6 Å². The van der Waals surface area contributed by atoms with Crippen LogP contribution in [-0.2, 0) is 0 Å². The monoisotopic (exact) mass is 407 g/mol. The molecule has 1 aliphatic heterocycles. The fourth-order valence-corrected chi connectivity index (χ4v) is 4.88. The number of anilines is 1. The third kappa shape index (κ3) is 3.58. The Kier molecular flexibility index (Phi) is 5.23. The van der Waals surface area contributed by atoms with Crippen LogP contribution in [-0.4, -0.2) is 27.6 Å². The van der Waals surface area contributed by atoms with Crippen molar-refractivity contribution in [3.8, 4) is 11.8 Å². The van der Waals surface area contributed by atoms with E-state index < -0.39 is 0 Å². The molecule has 1 fully saturated rings. The molecule has 150 valence electrons. The molecule has 0 bridgehead atoms. The summed E-state index contributed by atoms with van der Waals surface area (Å²) in [5, 5.41) is 10.9. The van der Waals surface area contributed by atoms with E-state index in [9.17, 15) is 0 Å². The maximum absolute atomic E-state index is 8.99. The maximum atomic E-state index is 8.99. The minimum Gasteiger partial charge on any atom is -0.356 e. The van der Waals surface area contributed by atoms with Crippen LogP contribution in [0.4, 0.5) is 5.82 Å². The molecule has 4 rings (SSSR count). The summed E-state index contributed by atoms with van der Waals surface area (Å²) in [6, 6.07) is 6.32. The summed E-state index contributed by atoms with van der Waals surface area (Å²) in [6.07, 6.45) is 4.88. The molecular weight excluding hydrogens is 382 g/mol. The van der Waals surface area contributed by atoms with Gasteiger partial charge in [0.25, 0.3) is 0 Å². The van der Waals surface area contributed by atoms with Crippen molar-refractivity contribution in [2.45, 2.75) is 47.0 Å². The number of fused-ring (bicyclic) bond motifs is 1. The lowest BCUT2D eigenvalue weighted by Gasteiger charge is -2.32. The van der Waals surface area contributed by atoms with Crippen molar-refractivity contribution in [1.29, 1.82) is 5.26 Å². The van der Waals surface area contributed by atoms with Crippen LogP contribution in [0.1, 0.15) is 41.8 Å². The van der Waals surface area contributed by atoms with Gasteiger partial charge in [0.1, 0.15) is 11.6 Å². The fraction of sp³-hybridized carbons (Fsp3) is 0.435. The number of rotatable bonds is 3. The Labute approximate surface area is 176 Å². The second-order valence-corrected chi connectivity index (χ2v) is 8.59. The van der Waals surface area contributed by atoms with E-state index in [4.69, 9.17) is 26.8 Å². The summed E-state index contributed by atoms with van der Waals surface area (Å²) in [7, 11) is 0. The molecule has 2 aromatic heterocycles. The van der Waals surface area contributed by atoms with Crippen LogP contribution in [0.25, 0.3) is 16.7 Å². The fourth-order valence-electron chi connectivity index (χ4n) is 4.55. The molecule has 6 heteroatoms. The van der Waals surface area contributed by atoms with E-state index in [-0.39, 0.29) is 0 Å². The van der Waals surface area contributed by atoms with Gasteiger partial charge in [-0.3, -0.25) is 0 Å². The Balaban J connectivity index is 1.83. The molecule has 1 aliphatic rings. The van der Waals surface area contributed by atoms with Crippen molar-refractivity contribution in [3.05, 3.63) is 45.9 Å². The minimum atomic E-state index is 0.500. The van der Waals surface area contributed by atoms with Crippen molar-refractivity contribution in [1.82, 2.24) is 14.5 Å². The first-order valence-electron chi connectivity index (χ1n) is 10.1. The first kappa shape index (κ1) is 19.7. The number of aromatic nitrogens is 3. The molecule has 0 aliphatic carbocycles. The van der Waals surface area contributed by atoms with Gasteiger partial charge in [-0.2, -0.15) is 5.26 Å². The average Bonchev–Trinajstić information content (AvgIpc) is 2.97. The summed E-state index contributed by atoms with van der Waals surface area (Å²) in [5.41, 5.74) is 5.49. The average molecular weight is 408 g/mol. The molecule has 1 saturated heterocycles. The zero-order valence-electron chi connectivity index (χ0n) is 17.5. The van der Waals surface area contributed by atoms with Gasteiger partial charge in [-0.15, -0.1) is 0 Å². The standard InChI is InChI=1S/C23H26ClN5/c1-14-11-19(24)12-15(2)21(14)29-13-16(3)20-22(26-17(4)27-23(20)29)28-9-6-18(5-8-25)7-10-28/h11-13,18H,5-7,9-10H2,1-4H3. The van der Waals surface area contributed by atoms with E-state index >= 15 is 0 Å². The summed E-state index contributed by atoms with van der Waals surface area (Å²) in [4.78, 5) is 12.0. The molecule has 0 spiro atoms. The van der Waals surface area contributed by atoms with E-state index in [0.29, 0.717) is 12.3 Å². The normalized spacial score (nSPS) is 15.1. The molecule has 0 N–H and O–H groups in total. The number of hydrogen-bond donors (Lipinski definition) is 0. The van der Waals surface area contributed by atoms with E-state index in [1.165, 1.54) is 5.56 Å². The molecule has 29 heavy (non-hydrogen) atoms. The van der Waals surface area contributed by atoms with E-state index in [1.54, 1.807) is 0 Å². The second-order valence-electron chi connectivity index (χ2n) is 8.16. The van der Waals surface area contributed by atoms with Crippen LogP contribution in [0.2, 0.25) is 5.02 Å². The van der Waals surface area contributed by atoms with E-state index in [2.05, 4.69) is 42.5 Å². The Bertz CT molecular complexity index is 1090. The number of halogens is 1. The second kappa shape index (κ2) is 7.68. The Morgan fingerprint density at radius 1 is 1.07 bits per heavy atom. The van der Waals surface area contributed by atoms with Crippen LogP contribution in [0.5, 0.6) is 0 Å². The third-order valence-electron chi connectivity index (χ3n) is 5.92. The highest BCUT2D eigenvalue weighted by molar-refractivity contribution is 6.30. The molecule has 0 atom stereocenters. The molecule has 3 heterocycles. The summed E-state index contributed by atoms with van der Waals surface area (Å²) in [5.74, 6) is 2.29. The van der Waals surface area contributed by atoms with Crippen molar-refractivity contribution in [2.75, 3.05) is 18.0 Å². The summed E-state index contributed by atoms with van der Waals surface area (Å²) in [6.45, 7) is 10.1. The van der Waals surface area contributed by atoms with Gasteiger partial charge >= 0.3 is 0 Å². The smallest absolute Gasteiger partial charge is 0.150 e.